The molecule has 1 aromatic rings. The number of amides is 1. The minimum absolute atomic E-state index is 0.0131. The zero-order valence-corrected chi connectivity index (χ0v) is 14.5. The van der Waals surface area contributed by atoms with Crippen LogP contribution < -0.4 is 5.43 Å². The van der Waals surface area contributed by atoms with Gasteiger partial charge in [0.25, 0.3) is 11.6 Å². The number of alkyl halides is 1. The van der Waals surface area contributed by atoms with E-state index in [1.54, 1.807) is 17.1 Å². The highest BCUT2D eigenvalue weighted by Crippen LogP contribution is 2.40. The number of halogens is 1. The maximum atomic E-state index is 11.9. The molecule has 2 aliphatic rings. The molecule has 0 unspecified atom stereocenters. The van der Waals surface area contributed by atoms with E-state index in [1.165, 1.54) is 12.1 Å². The fourth-order valence-corrected chi connectivity index (χ4v) is 3.21. The second-order valence-corrected chi connectivity index (χ2v) is 6.71. The Balaban J connectivity index is 1.89. The number of carbonyl (C=O) groups excluding carboxylic acids is 1. The summed E-state index contributed by atoms with van der Waals surface area (Å²) in [5, 5.41) is 16.6. The van der Waals surface area contributed by atoms with Crippen molar-refractivity contribution in [2.24, 2.45) is 11.1 Å². The summed E-state index contributed by atoms with van der Waals surface area (Å²) in [5.74, 6) is 0.460. The lowest BCUT2D eigenvalue weighted by atomic mass is 9.84. The van der Waals surface area contributed by atoms with Crippen LogP contribution in [0.15, 0.2) is 29.4 Å². The lowest BCUT2D eigenvalue weighted by molar-refractivity contribution is -0.384. The van der Waals surface area contributed by atoms with Gasteiger partial charge < -0.3 is 4.84 Å². The lowest BCUT2D eigenvalue weighted by Crippen LogP contribution is -2.59. The monoisotopic (exact) mass is 366 g/mol. The molecule has 1 amide bonds. The van der Waals surface area contributed by atoms with Crippen LogP contribution in [0.5, 0.6) is 0 Å². The molecular weight excluding hydrogens is 348 g/mol. The SMILES string of the molecule is CC1CCC2(CC1)ON=C(c1ccc([N+](=O)[O-])cc1)N2NC(=O)CCl. The van der Waals surface area contributed by atoms with Gasteiger partial charge in [-0.2, -0.15) is 0 Å². The van der Waals surface area contributed by atoms with Gasteiger partial charge in [-0.15, -0.1) is 11.6 Å². The molecule has 0 atom stereocenters. The molecule has 1 heterocycles. The molecule has 1 aliphatic carbocycles. The molecule has 8 nitrogen and oxygen atoms in total. The third-order valence-electron chi connectivity index (χ3n) is 4.67. The minimum Gasteiger partial charge on any atom is -0.363 e. The average molecular weight is 367 g/mol. The molecular formula is C16H19ClN4O4. The van der Waals surface area contributed by atoms with Crippen LogP contribution in [0, 0.1) is 16.0 Å². The molecule has 1 saturated carbocycles. The fourth-order valence-electron chi connectivity index (χ4n) is 3.15. The first kappa shape index (κ1) is 17.5. The summed E-state index contributed by atoms with van der Waals surface area (Å²) in [4.78, 5) is 28.0. The Morgan fingerprint density at radius 2 is 2.08 bits per heavy atom. The average Bonchev–Trinajstić information content (AvgIpc) is 2.95. The summed E-state index contributed by atoms with van der Waals surface area (Å²) in [7, 11) is 0. The highest BCUT2D eigenvalue weighted by atomic mass is 35.5. The van der Waals surface area contributed by atoms with Crippen LogP contribution in [0.4, 0.5) is 5.69 Å². The van der Waals surface area contributed by atoms with Gasteiger partial charge in [0, 0.05) is 30.5 Å². The third kappa shape index (κ3) is 3.39. The van der Waals surface area contributed by atoms with Crippen molar-refractivity contribution in [2.45, 2.75) is 38.3 Å². The molecule has 0 bridgehead atoms. The van der Waals surface area contributed by atoms with E-state index in [9.17, 15) is 14.9 Å². The molecule has 1 N–H and O–H groups in total. The van der Waals surface area contributed by atoms with Crippen LogP contribution in [-0.2, 0) is 9.63 Å². The number of amidine groups is 1. The molecule has 0 saturated heterocycles. The van der Waals surface area contributed by atoms with Crippen LogP contribution in [0.2, 0.25) is 0 Å². The van der Waals surface area contributed by atoms with E-state index in [0.29, 0.717) is 17.3 Å². The first-order valence-corrected chi connectivity index (χ1v) is 8.65. The number of nitro benzene ring substituents is 1. The lowest BCUT2D eigenvalue weighted by Gasteiger charge is -2.40. The number of nitro groups is 1. The van der Waals surface area contributed by atoms with Gasteiger partial charge in [-0.3, -0.25) is 20.3 Å². The second-order valence-electron chi connectivity index (χ2n) is 6.44. The summed E-state index contributed by atoms with van der Waals surface area (Å²) < 4.78 is 0. The number of hydrogen-bond donors (Lipinski definition) is 1. The number of carbonyl (C=O) groups is 1. The molecule has 25 heavy (non-hydrogen) atoms. The molecule has 1 aromatic carbocycles. The number of nitrogens with one attached hydrogen (secondary N) is 1. The molecule has 9 heteroatoms. The molecule has 1 aliphatic heterocycles. The number of hydrazine groups is 1. The van der Waals surface area contributed by atoms with Crippen LogP contribution in [0.25, 0.3) is 0 Å². The zero-order chi connectivity index (χ0) is 18.0. The van der Waals surface area contributed by atoms with Gasteiger partial charge in [0.15, 0.2) is 5.84 Å². The van der Waals surface area contributed by atoms with E-state index in [2.05, 4.69) is 17.5 Å². The standard InChI is InChI=1S/C16H19ClN4O4/c1-11-6-8-16(9-7-11)20(18-14(22)10-17)15(19-25-16)12-2-4-13(5-3-12)21(23)24/h2-5,11H,6-10H2,1H3,(H,18,22). The Morgan fingerprint density at radius 1 is 1.44 bits per heavy atom. The molecule has 1 fully saturated rings. The van der Waals surface area contributed by atoms with Gasteiger partial charge in [-0.25, -0.2) is 5.01 Å². The number of benzene rings is 1. The number of rotatable bonds is 4. The van der Waals surface area contributed by atoms with Crippen LogP contribution in [-0.4, -0.2) is 33.3 Å². The summed E-state index contributed by atoms with van der Waals surface area (Å²) >= 11 is 5.64. The van der Waals surface area contributed by atoms with Gasteiger partial charge in [0.1, 0.15) is 5.88 Å². The predicted molar refractivity (Wildman–Crippen MR) is 91.8 cm³/mol. The molecule has 1 spiro atoms. The molecule has 0 aromatic heterocycles. The van der Waals surface area contributed by atoms with E-state index in [4.69, 9.17) is 16.4 Å². The third-order valence-corrected chi connectivity index (χ3v) is 4.91. The number of hydrogen-bond acceptors (Lipinski definition) is 6. The van der Waals surface area contributed by atoms with E-state index in [1.807, 2.05) is 0 Å². The summed E-state index contributed by atoms with van der Waals surface area (Å²) in [6.45, 7) is 2.18. The Hall–Kier alpha value is -2.35. The topological polar surface area (TPSA) is 97.1 Å². The number of oxime groups is 1. The first-order chi connectivity index (χ1) is 11.9. The van der Waals surface area contributed by atoms with Crippen molar-refractivity contribution in [3.05, 3.63) is 39.9 Å². The Morgan fingerprint density at radius 3 is 2.64 bits per heavy atom. The highest BCUT2D eigenvalue weighted by Gasteiger charge is 2.49. The first-order valence-electron chi connectivity index (χ1n) is 8.12. The fraction of sp³-hybridized carbons (Fsp3) is 0.500. The summed E-state index contributed by atoms with van der Waals surface area (Å²) in [5.41, 5.74) is 2.64. The van der Waals surface area contributed by atoms with Crippen molar-refractivity contribution >= 4 is 29.0 Å². The largest absolute Gasteiger partial charge is 0.363 e. The highest BCUT2D eigenvalue weighted by molar-refractivity contribution is 6.27. The molecule has 0 radical (unpaired) electrons. The van der Waals surface area contributed by atoms with E-state index < -0.39 is 10.6 Å². The quantitative estimate of drug-likeness (QED) is 0.502. The van der Waals surface area contributed by atoms with E-state index >= 15 is 0 Å². The zero-order valence-electron chi connectivity index (χ0n) is 13.8. The van der Waals surface area contributed by atoms with Gasteiger partial charge in [0.05, 0.1) is 4.92 Å². The second kappa shape index (κ2) is 6.87. The Bertz CT molecular complexity index is 699. The van der Waals surface area contributed by atoms with E-state index in [-0.39, 0.29) is 17.5 Å². The van der Waals surface area contributed by atoms with Crippen LogP contribution in [0.1, 0.15) is 38.2 Å². The number of nitrogens with zero attached hydrogens (tertiary/aromatic N) is 3. The van der Waals surface area contributed by atoms with Crippen molar-refractivity contribution in [1.82, 2.24) is 10.4 Å². The van der Waals surface area contributed by atoms with Gasteiger partial charge in [0.2, 0.25) is 5.72 Å². The minimum atomic E-state index is -0.731. The Labute approximate surface area is 149 Å². The summed E-state index contributed by atoms with van der Waals surface area (Å²) in [6, 6.07) is 5.97. The number of non-ortho nitro benzene ring substituents is 1. The predicted octanol–water partition coefficient (Wildman–Crippen LogP) is 2.77. The summed E-state index contributed by atoms with van der Waals surface area (Å²) in [6.07, 6.45) is 3.35. The Kier molecular flexibility index (Phi) is 4.80. The molecule has 134 valence electrons. The maximum Gasteiger partial charge on any atom is 0.269 e. The molecule has 3 rings (SSSR count). The van der Waals surface area contributed by atoms with Crippen molar-refractivity contribution in [1.29, 1.82) is 0 Å². The maximum absolute atomic E-state index is 11.9. The normalized spacial score (nSPS) is 25.4. The van der Waals surface area contributed by atoms with Crippen molar-refractivity contribution < 1.29 is 14.6 Å². The van der Waals surface area contributed by atoms with Gasteiger partial charge >= 0.3 is 0 Å². The van der Waals surface area contributed by atoms with Gasteiger partial charge in [-0.05, 0) is 30.9 Å². The van der Waals surface area contributed by atoms with Crippen LogP contribution >= 0.6 is 11.6 Å². The van der Waals surface area contributed by atoms with Gasteiger partial charge in [-0.1, -0.05) is 12.1 Å². The smallest absolute Gasteiger partial charge is 0.269 e. The van der Waals surface area contributed by atoms with Crippen molar-refractivity contribution in [2.75, 3.05) is 5.88 Å². The van der Waals surface area contributed by atoms with Crippen LogP contribution in [0.3, 0.4) is 0 Å². The van der Waals surface area contributed by atoms with Crippen molar-refractivity contribution in [3.63, 3.8) is 0 Å². The van der Waals surface area contributed by atoms with E-state index in [0.717, 1.165) is 25.7 Å². The van der Waals surface area contributed by atoms with Crippen molar-refractivity contribution in [3.8, 4) is 0 Å².